The Morgan fingerprint density at radius 3 is 1.98 bits per heavy atom. The summed E-state index contributed by atoms with van der Waals surface area (Å²) in [4.78, 5) is 60.1. The van der Waals surface area contributed by atoms with E-state index in [1.807, 2.05) is 30.3 Å². The third kappa shape index (κ3) is 7.24. The molecular weight excluding hydrogens is 593 g/mol. The van der Waals surface area contributed by atoms with Crippen molar-refractivity contribution in [1.82, 2.24) is 9.96 Å². The number of thioether (sulfide) groups is 1. The largest absolute Gasteiger partial charge is 0.349 e. The molecule has 1 aromatic rings. The lowest BCUT2D eigenvalue weighted by Gasteiger charge is -2.62. The van der Waals surface area contributed by atoms with Gasteiger partial charge in [0.15, 0.2) is 0 Å². The Morgan fingerprint density at radius 2 is 1.52 bits per heavy atom. The Morgan fingerprint density at radius 1 is 0.977 bits per heavy atom. The summed E-state index contributed by atoms with van der Waals surface area (Å²) >= 11 is 7.39. The maximum Gasteiger partial charge on any atom is 0.336 e. The van der Waals surface area contributed by atoms with Crippen LogP contribution in [-0.2, 0) is 24.0 Å². The molecule has 3 rings (SSSR count). The number of rotatable bonds is 11. The molecule has 1 saturated heterocycles. The number of imide groups is 1. The van der Waals surface area contributed by atoms with Crippen LogP contribution in [0.5, 0.6) is 0 Å². The molecule has 2 aliphatic rings. The van der Waals surface area contributed by atoms with Crippen LogP contribution in [0.1, 0.15) is 106 Å². The van der Waals surface area contributed by atoms with Crippen LogP contribution in [0.4, 0.5) is 0 Å². The van der Waals surface area contributed by atoms with Crippen LogP contribution < -0.4 is 0 Å². The molecule has 1 heterocycles. The van der Waals surface area contributed by atoms with E-state index in [0.29, 0.717) is 17.9 Å². The number of benzene rings is 1. The van der Waals surface area contributed by atoms with Gasteiger partial charge in [0.05, 0.1) is 16.0 Å². The molecule has 7 nitrogen and oxygen atoms in total. The van der Waals surface area contributed by atoms with E-state index in [0.717, 1.165) is 22.6 Å². The molecule has 0 N–H and O–H groups in total. The summed E-state index contributed by atoms with van der Waals surface area (Å²) in [6.07, 6.45) is 2.77. The van der Waals surface area contributed by atoms with Gasteiger partial charge in [-0.2, -0.15) is 0 Å². The van der Waals surface area contributed by atoms with E-state index in [1.165, 1.54) is 0 Å². The van der Waals surface area contributed by atoms with E-state index in [1.54, 1.807) is 30.8 Å². The fourth-order valence-electron chi connectivity index (χ4n) is 6.41. The lowest BCUT2D eigenvalue weighted by Crippen LogP contribution is -2.58. The second-order valence-electron chi connectivity index (χ2n) is 15.7. The van der Waals surface area contributed by atoms with E-state index >= 15 is 0 Å². The Kier molecular flexibility index (Phi) is 10.6. The number of hydrogen-bond acceptors (Lipinski definition) is 7. The normalized spacial score (nSPS) is 24.0. The van der Waals surface area contributed by atoms with Crippen LogP contribution in [0, 0.1) is 33.5 Å². The zero-order chi connectivity index (χ0) is 33.5. The third-order valence-electron chi connectivity index (χ3n) is 11.2. The minimum absolute atomic E-state index is 0.0243. The summed E-state index contributed by atoms with van der Waals surface area (Å²) in [6.45, 7) is 19.3. The van der Waals surface area contributed by atoms with Gasteiger partial charge in [0.2, 0.25) is 5.91 Å². The van der Waals surface area contributed by atoms with Crippen LogP contribution in [0.3, 0.4) is 0 Å². The van der Waals surface area contributed by atoms with Crippen molar-refractivity contribution < 1.29 is 24.0 Å². The number of hydrogen-bond donors (Lipinski definition) is 0. The smallest absolute Gasteiger partial charge is 0.336 e. The maximum absolute atomic E-state index is 14.1. The molecule has 1 aromatic carbocycles. The number of carbonyl (C=O) groups is 4. The molecule has 4 atom stereocenters. The quantitative estimate of drug-likeness (QED) is 0.183. The minimum Gasteiger partial charge on any atom is -0.349 e. The summed E-state index contributed by atoms with van der Waals surface area (Å²) in [5.74, 6) is -2.47. The van der Waals surface area contributed by atoms with Gasteiger partial charge in [0, 0.05) is 31.7 Å². The highest BCUT2D eigenvalue weighted by Crippen LogP contribution is 2.66. The van der Waals surface area contributed by atoms with Gasteiger partial charge in [-0.15, -0.1) is 16.8 Å². The van der Waals surface area contributed by atoms with Gasteiger partial charge in [-0.1, -0.05) is 91.0 Å². The first kappa shape index (κ1) is 36.2. The number of nitrogens with zero attached hydrogens (tertiary/aromatic N) is 2. The Balaban J connectivity index is 2.00. The first-order chi connectivity index (χ1) is 20.1. The number of hydroxylamine groups is 2. The molecule has 0 radical (unpaired) electrons. The zero-order valence-electron chi connectivity index (χ0n) is 28.5. The van der Waals surface area contributed by atoms with Crippen molar-refractivity contribution in [1.29, 1.82) is 0 Å². The SMILES string of the molecule is CN(C)C(=O)C(CC1(C)CCC1(C)C(CC(C)(C)C(C)(C)C)C(=O)ON1C(=O)CCC1=O)C(C)(C)SC(=S)c1ccccc1. The first-order valence-corrected chi connectivity index (χ1v) is 16.9. The maximum atomic E-state index is 14.1. The lowest BCUT2D eigenvalue weighted by molar-refractivity contribution is -0.215. The minimum atomic E-state index is -0.590. The first-order valence-electron chi connectivity index (χ1n) is 15.6. The zero-order valence-corrected chi connectivity index (χ0v) is 30.2. The summed E-state index contributed by atoms with van der Waals surface area (Å²) in [7, 11) is 3.56. The van der Waals surface area contributed by atoms with E-state index in [-0.39, 0.29) is 35.5 Å². The lowest BCUT2D eigenvalue weighted by atomic mass is 9.42. The predicted molar refractivity (Wildman–Crippen MR) is 181 cm³/mol. The monoisotopic (exact) mass is 644 g/mol. The molecule has 1 aliphatic carbocycles. The number of carbonyl (C=O) groups excluding carboxylic acids is 4. The van der Waals surface area contributed by atoms with E-state index in [2.05, 4.69) is 62.3 Å². The fourth-order valence-corrected chi connectivity index (χ4v) is 8.25. The fraction of sp³-hybridized carbons (Fsp3) is 0.686. The molecule has 44 heavy (non-hydrogen) atoms. The molecule has 0 bridgehead atoms. The molecule has 9 heteroatoms. The number of amides is 3. The van der Waals surface area contributed by atoms with Gasteiger partial charge in [-0.05, 0) is 66.8 Å². The summed E-state index contributed by atoms with van der Waals surface area (Å²) in [6, 6.07) is 9.85. The Hall–Kier alpha value is -2.26. The molecule has 244 valence electrons. The van der Waals surface area contributed by atoms with Gasteiger partial charge in [-0.25, -0.2) is 4.79 Å². The Labute approximate surface area is 274 Å². The molecule has 1 saturated carbocycles. The highest BCUT2D eigenvalue weighted by atomic mass is 32.2. The van der Waals surface area contributed by atoms with Crippen LogP contribution in [0.15, 0.2) is 30.3 Å². The van der Waals surface area contributed by atoms with Crippen molar-refractivity contribution in [3.05, 3.63) is 35.9 Å². The summed E-state index contributed by atoms with van der Waals surface area (Å²) < 4.78 is 0.199. The van der Waals surface area contributed by atoms with Gasteiger partial charge in [-0.3, -0.25) is 14.4 Å². The van der Waals surface area contributed by atoms with Crippen LogP contribution in [0.2, 0.25) is 0 Å². The van der Waals surface area contributed by atoms with Crippen molar-refractivity contribution in [2.75, 3.05) is 14.1 Å². The standard InChI is InChI=1S/C35H52N2O5S2/c1-31(2,3)32(4,5)21-25(29(41)42-37-26(38)17-18-27(37)39)35(9)20-19-34(35,8)22-24(28(40)36(10)11)33(6,7)44-30(43)23-15-13-12-14-16-23/h12-16,24-25H,17-22H2,1-11H3. The van der Waals surface area contributed by atoms with E-state index in [4.69, 9.17) is 17.1 Å². The van der Waals surface area contributed by atoms with Crippen molar-refractivity contribution in [2.24, 2.45) is 33.5 Å². The van der Waals surface area contributed by atoms with Crippen molar-refractivity contribution >= 4 is 51.9 Å². The second-order valence-corrected chi connectivity index (χ2v) is 18.0. The highest BCUT2D eigenvalue weighted by Gasteiger charge is 2.62. The van der Waals surface area contributed by atoms with Gasteiger partial charge in [0.1, 0.15) is 0 Å². The average Bonchev–Trinajstić information content (AvgIpc) is 3.24. The van der Waals surface area contributed by atoms with Gasteiger partial charge in [0.25, 0.3) is 11.8 Å². The summed E-state index contributed by atoms with van der Waals surface area (Å²) in [5.41, 5.74) is -0.382. The topological polar surface area (TPSA) is 84.0 Å². The van der Waals surface area contributed by atoms with Crippen LogP contribution >= 0.6 is 24.0 Å². The van der Waals surface area contributed by atoms with Crippen LogP contribution in [0.25, 0.3) is 0 Å². The van der Waals surface area contributed by atoms with Gasteiger partial charge >= 0.3 is 5.97 Å². The molecule has 3 amide bonds. The highest BCUT2D eigenvalue weighted by molar-refractivity contribution is 8.24. The average molecular weight is 645 g/mol. The molecule has 0 spiro atoms. The van der Waals surface area contributed by atoms with Crippen molar-refractivity contribution in [3.8, 4) is 0 Å². The Bertz CT molecular complexity index is 1270. The summed E-state index contributed by atoms with van der Waals surface area (Å²) in [5, 5.41) is 0.668. The molecule has 1 aliphatic heterocycles. The molecule has 0 aromatic heterocycles. The molecular formula is C35H52N2O5S2. The van der Waals surface area contributed by atoms with Crippen molar-refractivity contribution in [3.63, 3.8) is 0 Å². The van der Waals surface area contributed by atoms with Crippen molar-refractivity contribution in [2.45, 2.75) is 106 Å². The molecule has 2 fully saturated rings. The van der Waals surface area contributed by atoms with E-state index < -0.39 is 39.3 Å². The van der Waals surface area contributed by atoms with Crippen LogP contribution in [-0.4, -0.2) is 56.7 Å². The predicted octanol–water partition coefficient (Wildman–Crippen LogP) is 7.46. The van der Waals surface area contributed by atoms with Gasteiger partial charge < -0.3 is 9.74 Å². The molecule has 4 unspecified atom stereocenters. The third-order valence-corrected chi connectivity index (χ3v) is 12.9. The van der Waals surface area contributed by atoms with E-state index in [9.17, 15) is 19.2 Å². The second kappa shape index (κ2) is 12.9. The number of thiocarbonyl (C=S) groups is 1.